The van der Waals surface area contributed by atoms with Crippen molar-refractivity contribution in [1.82, 2.24) is 4.90 Å². The number of likely N-dealkylation sites (N-methyl/N-ethyl adjacent to an activating group) is 1. The van der Waals surface area contributed by atoms with Crippen LogP contribution in [0.15, 0.2) is 54.6 Å². The maximum atomic E-state index is 11.9. The van der Waals surface area contributed by atoms with E-state index in [2.05, 4.69) is 12.1 Å². The van der Waals surface area contributed by atoms with Crippen LogP contribution in [-0.2, 0) is 0 Å². The third-order valence-electron chi connectivity index (χ3n) is 2.77. The van der Waals surface area contributed by atoms with E-state index < -0.39 is 0 Å². The zero-order valence-electron chi connectivity index (χ0n) is 11.2. The van der Waals surface area contributed by atoms with Gasteiger partial charge >= 0.3 is 0 Å². The highest BCUT2D eigenvalue weighted by atomic mass is 35.5. The van der Waals surface area contributed by atoms with Crippen LogP contribution in [0.5, 0.6) is 0 Å². The Labute approximate surface area is 120 Å². The Hall–Kier alpha value is -1.64. The highest BCUT2D eigenvalue weighted by Crippen LogP contribution is 2.19. The predicted molar refractivity (Wildman–Crippen MR) is 82.0 cm³/mol. The van der Waals surface area contributed by atoms with Gasteiger partial charge in [-0.25, -0.2) is 0 Å². The number of hydrogen-bond acceptors (Lipinski definition) is 2. The minimum absolute atomic E-state index is 0. The van der Waals surface area contributed by atoms with Gasteiger partial charge in [-0.15, -0.1) is 12.4 Å². The molecule has 19 heavy (non-hydrogen) atoms. The molecule has 0 heterocycles. The molecule has 2 nitrogen and oxygen atoms in total. The molecule has 2 rings (SSSR count). The summed E-state index contributed by atoms with van der Waals surface area (Å²) in [5.41, 5.74) is 3.07. The Morgan fingerprint density at radius 2 is 1.42 bits per heavy atom. The monoisotopic (exact) mass is 275 g/mol. The van der Waals surface area contributed by atoms with Gasteiger partial charge in [0.15, 0.2) is 5.78 Å². The molecular weight excluding hydrogens is 258 g/mol. The van der Waals surface area contributed by atoms with E-state index >= 15 is 0 Å². The summed E-state index contributed by atoms with van der Waals surface area (Å²) in [7, 11) is 3.80. The Bertz CT molecular complexity index is 520. The van der Waals surface area contributed by atoms with Crippen LogP contribution in [0.25, 0.3) is 11.1 Å². The third-order valence-corrected chi connectivity index (χ3v) is 2.77. The molecule has 2 aromatic carbocycles. The Morgan fingerprint density at radius 1 is 0.895 bits per heavy atom. The van der Waals surface area contributed by atoms with Gasteiger partial charge in [0.1, 0.15) is 0 Å². The van der Waals surface area contributed by atoms with E-state index in [1.54, 1.807) is 0 Å². The first-order valence-corrected chi connectivity index (χ1v) is 6.00. The number of Topliss-reactive ketones (excluding diaryl/α,β-unsaturated/α-hetero) is 1. The van der Waals surface area contributed by atoms with Gasteiger partial charge in [-0.05, 0) is 25.2 Å². The van der Waals surface area contributed by atoms with Gasteiger partial charge in [0.05, 0.1) is 6.54 Å². The number of nitrogens with zero attached hydrogens (tertiary/aromatic N) is 1. The standard InChI is InChI=1S/C16H17NO.ClH/c1-17(2)12-16(18)15-10-8-14(9-11-15)13-6-4-3-5-7-13;/h3-11H,12H2,1-2H3;1H. The Kier molecular flexibility index (Phi) is 5.74. The molecular formula is C16H18ClNO. The largest absolute Gasteiger partial charge is 0.302 e. The SMILES string of the molecule is CN(C)CC(=O)c1ccc(-c2ccccc2)cc1.Cl. The molecule has 0 atom stereocenters. The van der Waals surface area contributed by atoms with E-state index in [9.17, 15) is 4.79 Å². The third kappa shape index (κ3) is 4.19. The average molecular weight is 276 g/mol. The lowest BCUT2D eigenvalue weighted by Gasteiger charge is -2.08. The first-order valence-electron chi connectivity index (χ1n) is 6.00. The van der Waals surface area contributed by atoms with Crippen LogP contribution < -0.4 is 0 Å². The molecule has 0 amide bonds. The van der Waals surface area contributed by atoms with Crippen molar-refractivity contribution in [1.29, 1.82) is 0 Å². The highest BCUT2D eigenvalue weighted by Gasteiger charge is 2.06. The van der Waals surface area contributed by atoms with Gasteiger partial charge in [0, 0.05) is 5.56 Å². The van der Waals surface area contributed by atoms with Crippen molar-refractivity contribution in [3.63, 3.8) is 0 Å². The van der Waals surface area contributed by atoms with Crippen LogP contribution in [0.3, 0.4) is 0 Å². The van der Waals surface area contributed by atoms with Crippen LogP contribution in [0.2, 0.25) is 0 Å². The number of hydrogen-bond donors (Lipinski definition) is 0. The van der Waals surface area contributed by atoms with Crippen molar-refractivity contribution in [2.75, 3.05) is 20.6 Å². The molecule has 0 N–H and O–H groups in total. The quantitative estimate of drug-likeness (QED) is 0.796. The van der Waals surface area contributed by atoms with E-state index in [1.165, 1.54) is 5.56 Å². The van der Waals surface area contributed by atoms with Gasteiger partial charge in [-0.1, -0.05) is 54.6 Å². The van der Waals surface area contributed by atoms with Crippen molar-refractivity contribution in [2.24, 2.45) is 0 Å². The number of halogens is 1. The molecule has 0 unspecified atom stereocenters. The number of benzene rings is 2. The fourth-order valence-corrected chi connectivity index (χ4v) is 1.86. The summed E-state index contributed by atoms with van der Waals surface area (Å²) in [6.07, 6.45) is 0. The minimum atomic E-state index is 0. The highest BCUT2D eigenvalue weighted by molar-refractivity contribution is 5.98. The van der Waals surface area contributed by atoms with Crippen molar-refractivity contribution < 1.29 is 4.79 Å². The lowest BCUT2D eigenvalue weighted by molar-refractivity contribution is 0.0958. The van der Waals surface area contributed by atoms with Crippen molar-refractivity contribution in [3.05, 3.63) is 60.2 Å². The minimum Gasteiger partial charge on any atom is -0.302 e. The summed E-state index contributed by atoms with van der Waals surface area (Å²) in [5, 5.41) is 0. The number of rotatable bonds is 4. The Balaban J connectivity index is 0.00000180. The molecule has 0 radical (unpaired) electrons. The second-order valence-corrected chi connectivity index (χ2v) is 4.60. The number of carbonyl (C=O) groups is 1. The first kappa shape index (κ1) is 15.4. The summed E-state index contributed by atoms with van der Waals surface area (Å²) in [5.74, 6) is 0.152. The van der Waals surface area contributed by atoms with E-state index in [0.717, 1.165) is 11.1 Å². The van der Waals surface area contributed by atoms with Crippen LogP contribution in [0, 0.1) is 0 Å². The van der Waals surface area contributed by atoms with Crippen LogP contribution in [0.1, 0.15) is 10.4 Å². The normalized spacial score (nSPS) is 10.1. The summed E-state index contributed by atoms with van der Waals surface area (Å²) in [4.78, 5) is 13.7. The molecule has 0 spiro atoms. The average Bonchev–Trinajstić information content (AvgIpc) is 2.39. The summed E-state index contributed by atoms with van der Waals surface area (Å²) < 4.78 is 0. The molecule has 0 bridgehead atoms. The van der Waals surface area contributed by atoms with Crippen molar-refractivity contribution >= 4 is 18.2 Å². The fourth-order valence-electron chi connectivity index (χ4n) is 1.86. The smallest absolute Gasteiger partial charge is 0.176 e. The summed E-state index contributed by atoms with van der Waals surface area (Å²) in [6.45, 7) is 0.449. The molecule has 100 valence electrons. The predicted octanol–water partition coefficient (Wildman–Crippen LogP) is 3.52. The number of carbonyl (C=O) groups excluding carboxylic acids is 1. The zero-order valence-corrected chi connectivity index (χ0v) is 12.0. The van der Waals surface area contributed by atoms with Crippen LogP contribution in [0.4, 0.5) is 0 Å². The topological polar surface area (TPSA) is 20.3 Å². The van der Waals surface area contributed by atoms with Gasteiger partial charge in [-0.3, -0.25) is 4.79 Å². The Morgan fingerprint density at radius 3 is 1.95 bits per heavy atom. The van der Waals surface area contributed by atoms with E-state index in [0.29, 0.717) is 6.54 Å². The van der Waals surface area contributed by atoms with Gasteiger partial charge < -0.3 is 4.90 Å². The maximum absolute atomic E-state index is 11.9. The lowest BCUT2D eigenvalue weighted by atomic mass is 10.0. The molecule has 0 fully saturated rings. The maximum Gasteiger partial charge on any atom is 0.176 e. The van der Waals surface area contributed by atoms with Gasteiger partial charge in [-0.2, -0.15) is 0 Å². The lowest BCUT2D eigenvalue weighted by Crippen LogP contribution is -2.21. The van der Waals surface area contributed by atoms with Gasteiger partial charge in [0.2, 0.25) is 0 Å². The second kappa shape index (κ2) is 7.07. The number of ketones is 1. The molecule has 0 saturated carbocycles. The van der Waals surface area contributed by atoms with Crippen LogP contribution in [-0.4, -0.2) is 31.3 Å². The second-order valence-electron chi connectivity index (χ2n) is 4.60. The van der Waals surface area contributed by atoms with E-state index in [1.807, 2.05) is 61.5 Å². The van der Waals surface area contributed by atoms with E-state index in [4.69, 9.17) is 0 Å². The van der Waals surface area contributed by atoms with Crippen molar-refractivity contribution in [3.8, 4) is 11.1 Å². The molecule has 3 heteroatoms. The van der Waals surface area contributed by atoms with Gasteiger partial charge in [0.25, 0.3) is 0 Å². The molecule has 0 aliphatic carbocycles. The summed E-state index contributed by atoms with van der Waals surface area (Å²) >= 11 is 0. The van der Waals surface area contributed by atoms with E-state index in [-0.39, 0.29) is 18.2 Å². The fraction of sp³-hybridized carbons (Fsp3) is 0.188. The molecule has 2 aromatic rings. The molecule has 0 aliphatic heterocycles. The molecule has 0 aromatic heterocycles. The first-order chi connectivity index (χ1) is 8.66. The van der Waals surface area contributed by atoms with Crippen LogP contribution >= 0.6 is 12.4 Å². The zero-order chi connectivity index (χ0) is 13.0. The summed E-state index contributed by atoms with van der Waals surface area (Å²) in [6, 6.07) is 17.9. The van der Waals surface area contributed by atoms with Crippen molar-refractivity contribution in [2.45, 2.75) is 0 Å². The molecule has 0 saturated heterocycles. The molecule has 0 aliphatic rings.